The summed E-state index contributed by atoms with van der Waals surface area (Å²) in [5, 5.41) is 11.9. The van der Waals surface area contributed by atoms with Gasteiger partial charge in [-0.2, -0.15) is 0 Å². The standard InChI is InChI=1S/C49H28N4S/c1-2-14-29(15-3-1)45-36-21-8-11-23-39(36)50-49(52-45)53-40-24-12-9-16-31(40)38-28-30(26-27-41(38)53)46-34-19-6-4-17-32(34)43-33-18-5-7-20-35(33)48-44(47(43)51-46)37-22-10-13-25-42(37)54-48/h1-28H. The number of benzene rings is 8. The van der Waals surface area contributed by atoms with Crippen LogP contribution in [-0.4, -0.2) is 19.5 Å². The zero-order valence-corrected chi connectivity index (χ0v) is 29.7. The van der Waals surface area contributed by atoms with Crippen LogP contribution in [0.3, 0.4) is 0 Å². The van der Waals surface area contributed by atoms with Gasteiger partial charge in [0.05, 0.1) is 33.5 Å². The van der Waals surface area contributed by atoms with Gasteiger partial charge in [0.2, 0.25) is 5.95 Å². The number of hydrogen-bond donors (Lipinski definition) is 0. The van der Waals surface area contributed by atoms with E-state index in [1.165, 1.54) is 41.7 Å². The Bertz CT molecular complexity index is 3510. The average molecular weight is 705 g/mol. The Morgan fingerprint density at radius 3 is 1.83 bits per heavy atom. The summed E-state index contributed by atoms with van der Waals surface area (Å²) in [4.78, 5) is 16.1. The maximum Gasteiger partial charge on any atom is 0.235 e. The molecule has 4 nitrogen and oxygen atoms in total. The second kappa shape index (κ2) is 11.3. The molecule has 0 aliphatic heterocycles. The van der Waals surface area contributed by atoms with Gasteiger partial charge in [0, 0.05) is 63.6 Å². The maximum atomic E-state index is 5.68. The molecule has 0 aliphatic rings. The fraction of sp³-hybridized carbons (Fsp3) is 0. The molecule has 0 radical (unpaired) electrons. The van der Waals surface area contributed by atoms with Gasteiger partial charge < -0.3 is 0 Å². The summed E-state index contributed by atoms with van der Waals surface area (Å²) < 4.78 is 4.78. The Kier molecular flexibility index (Phi) is 6.18. The van der Waals surface area contributed by atoms with Crippen LogP contribution < -0.4 is 0 Å². The minimum Gasteiger partial charge on any atom is -0.278 e. The zero-order valence-electron chi connectivity index (χ0n) is 28.9. The minimum absolute atomic E-state index is 0.652. The van der Waals surface area contributed by atoms with Gasteiger partial charge in [0.25, 0.3) is 0 Å². The molecule has 12 rings (SSSR count). The smallest absolute Gasteiger partial charge is 0.235 e. The molecule has 0 saturated heterocycles. The molecule has 0 fully saturated rings. The predicted molar refractivity (Wildman–Crippen MR) is 228 cm³/mol. The van der Waals surface area contributed by atoms with E-state index in [0.717, 1.165) is 66.1 Å². The van der Waals surface area contributed by atoms with Crippen LogP contribution >= 0.6 is 11.3 Å². The molecule has 0 aliphatic carbocycles. The predicted octanol–water partition coefficient (Wildman–Crippen LogP) is 13.3. The molecule has 0 atom stereocenters. The molecule has 8 aromatic carbocycles. The van der Waals surface area contributed by atoms with Gasteiger partial charge in [0.1, 0.15) is 0 Å². The van der Waals surface area contributed by atoms with Crippen LogP contribution in [0.2, 0.25) is 0 Å². The van der Waals surface area contributed by atoms with Gasteiger partial charge in [0.15, 0.2) is 0 Å². The molecule has 5 heteroatoms. The lowest BCUT2D eigenvalue weighted by atomic mass is 9.94. The number of para-hydroxylation sites is 2. The van der Waals surface area contributed by atoms with E-state index in [-0.39, 0.29) is 0 Å². The van der Waals surface area contributed by atoms with Gasteiger partial charge in [-0.25, -0.2) is 15.0 Å². The van der Waals surface area contributed by atoms with Gasteiger partial charge in [-0.1, -0.05) is 140 Å². The fourth-order valence-electron chi connectivity index (χ4n) is 8.62. The molecule has 12 aromatic rings. The highest BCUT2D eigenvalue weighted by molar-refractivity contribution is 7.27. The van der Waals surface area contributed by atoms with Crippen molar-refractivity contribution in [1.29, 1.82) is 0 Å². The van der Waals surface area contributed by atoms with Gasteiger partial charge in [-0.05, 0) is 41.1 Å². The molecule has 0 bridgehead atoms. The first-order valence-electron chi connectivity index (χ1n) is 18.2. The topological polar surface area (TPSA) is 43.6 Å². The number of thiophene rings is 1. The molecule has 0 saturated carbocycles. The van der Waals surface area contributed by atoms with Crippen LogP contribution in [0.25, 0.3) is 114 Å². The number of hydrogen-bond acceptors (Lipinski definition) is 4. The first kappa shape index (κ1) is 29.6. The Labute approximate surface area is 313 Å². The van der Waals surface area contributed by atoms with Crippen molar-refractivity contribution in [2.75, 3.05) is 0 Å². The van der Waals surface area contributed by atoms with Crippen LogP contribution in [0.1, 0.15) is 0 Å². The lowest BCUT2D eigenvalue weighted by Crippen LogP contribution is -2.03. The maximum absolute atomic E-state index is 5.68. The van der Waals surface area contributed by atoms with Gasteiger partial charge in [-0.3, -0.25) is 4.57 Å². The van der Waals surface area contributed by atoms with Crippen LogP contribution in [-0.2, 0) is 0 Å². The normalized spacial score (nSPS) is 12.1. The largest absolute Gasteiger partial charge is 0.278 e. The number of pyridine rings is 1. The van der Waals surface area contributed by atoms with Crippen LogP contribution in [0.4, 0.5) is 0 Å². The third kappa shape index (κ3) is 4.15. The molecule has 0 N–H and O–H groups in total. The van der Waals surface area contributed by atoms with Gasteiger partial charge >= 0.3 is 0 Å². The van der Waals surface area contributed by atoms with Crippen molar-refractivity contribution in [3.05, 3.63) is 170 Å². The lowest BCUT2D eigenvalue weighted by molar-refractivity contribution is 1.01. The summed E-state index contributed by atoms with van der Waals surface area (Å²) in [5.41, 5.74) is 8.13. The van der Waals surface area contributed by atoms with Crippen molar-refractivity contribution in [3.8, 4) is 28.5 Å². The third-order valence-electron chi connectivity index (χ3n) is 11.0. The van der Waals surface area contributed by atoms with Crippen LogP contribution in [0.5, 0.6) is 0 Å². The summed E-state index contributed by atoms with van der Waals surface area (Å²) in [6, 6.07) is 60.4. The van der Waals surface area contributed by atoms with Crippen molar-refractivity contribution in [3.63, 3.8) is 0 Å². The molecule has 0 unspecified atom stereocenters. The number of nitrogens with zero attached hydrogens (tertiary/aromatic N) is 4. The average Bonchev–Trinajstić information content (AvgIpc) is 3.80. The van der Waals surface area contributed by atoms with Gasteiger partial charge in [-0.15, -0.1) is 11.3 Å². The first-order valence-corrected chi connectivity index (χ1v) is 19.0. The van der Waals surface area contributed by atoms with E-state index in [9.17, 15) is 0 Å². The minimum atomic E-state index is 0.652. The summed E-state index contributed by atoms with van der Waals surface area (Å²) in [6.07, 6.45) is 0. The van der Waals surface area contributed by atoms with Crippen molar-refractivity contribution in [2.24, 2.45) is 0 Å². The van der Waals surface area contributed by atoms with Crippen molar-refractivity contribution in [1.82, 2.24) is 19.5 Å². The molecule has 54 heavy (non-hydrogen) atoms. The van der Waals surface area contributed by atoms with E-state index in [1.54, 1.807) is 0 Å². The van der Waals surface area contributed by atoms with Crippen LogP contribution in [0, 0.1) is 0 Å². The van der Waals surface area contributed by atoms with Crippen LogP contribution in [0.15, 0.2) is 170 Å². The Morgan fingerprint density at radius 2 is 1.00 bits per heavy atom. The monoisotopic (exact) mass is 704 g/mol. The molecule has 4 aromatic heterocycles. The number of rotatable bonds is 3. The molecule has 0 spiro atoms. The highest BCUT2D eigenvalue weighted by Crippen LogP contribution is 2.47. The first-order chi connectivity index (χ1) is 26.8. The lowest BCUT2D eigenvalue weighted by Gasteiger charge is -2.14. The van der Waals surface area contributed by atoms with E-state index in [0.29, 0.717) is 5.95 Å². The molecule has 4 heterocycles. The highest BCUT2D eigenvalue weighted by Gasteiger charge is 2.21. The number of fused-ring (bicyclic) bond motifs is 14. The van der Waals surface area contributed by atoms with Crippen molar-refractivity contribution >= 4 is 96.7 Å². The second-order valence-electron chi connectivity index (χ2n) is 13.9. The van der Waals surface area contributed by atoms with E-state index >= 15 is 0 Å². The van der Waals surface area contributed by atoms with E-state index in [2.05, 4.69) is 162 Å². The summed E-state index contributed by atoms with van der Waals surface area (Å²) in [5.74, 6) is 0.652. The third-order valence-corrected chi connectivity index (χ3v) is 12.2. The molecule has 250 valence electrons. The summed E-state index contributed by atoms with van der Waals surface area (Å²) >= 11 is 1.86. The Hall–Kier alpha value is -6.95. The zero-order chi connectivity index (χ0) is 35.3. The van der Waals surface area contributed by atoms with E-state index in [1.807, 2.05) is 23.5 Å². The van der Waals surface area contributed by atoms with E-state index in [4.69, 9.17) is 15.0 Å². The quantitative estimate of drug-likeness (QED) is 0.172. The number of aromatic nitrogens is 4. The Morgan fingerprint density at radius 1 is 0.389 bits per heavy atom. The summed E-state index contributed by atoms with van der Waals surface area (Å²) in [6.45, 7) is 0. The summed E-state index contributed by atoms with van der Waals surface area (Å²) in [7, 11) is 0. The molecular formula is C49H28N4S. The second-order valence-corrected chi connectivity index (χ2v) is 15.0. The van der Waals surface area contributed by atoms with Crippen molar-refractivity contribution in [2.45, 2.75) is 0 Å². The highest BCUT2D eigenvalue weighted by atomic mass is 32.1. The molecule has 0 amide bonds. The molecular weight excluding hydrogens is 677 g/mol. The van der Waals surface area contributed by atoms with Crippen molar-refractivity contribution < 1.29 is 0 Å². The SMILES string of the molecule is c1ccc(-c2nc(-n3c4ccccc4c4cc(-c5nc6c(c7ccccc57)c5ccccc5c5sc7ccccc7c65)ccc43)nc3ccccc23)cc1. The van der Waals surface area contributed by atoms with E-state index < -0.39 is 0 Å². The fourth-order valence-corrected chi connectivity index (χ4v) is 9.87. The Balaban J connectivity index is 1.16.